The Bertz CT molecular complexity index is 1070. The number of amides is 1. The molecule has 0 aliphatic heterocycles. The molecule has 0 aromatic heterocycles. The molecule has 0 unspecified atom stereocenters. The third-order valence-corrected chi connectivity index (χ3v) is 7.62. The van der Waals surface area contributed by atoms with E-state index in [1.54, 1.807) is 33.1 Å². The minimum atomic E-state index is -3.61. The monoisotopic (exact) mass is 491 g/mol. The molecule has 0 saturated heterocycles. The second kappa shape index (κ2) is 12.7. The molecule has 0 bridgehead atoms. The summed E-state index contributed by atoms with van der Waals surface area (Å²) in [6.45, 7) is 12.1. The van der Waals surface area contributed by atoms with Crippen molar-refractivity contribution in [1.29, 1.82) is 0 Å². The van der Waals surface area contributed by atoms with Crippen molar-refractivity contribution in [3.05, 3.63) is 47.5 Å². The average Bonchev–Trinajstić information content (AvgIpc) is 2.81. The van der Waals surface area contributed by atoms with E-state index in [4.69, 9.17) is 9.47 Å². The van der Waals surface area contributed by atoms with Crippen molar-refractivity contribution in [2.24, 2.45) is 0 Å². The van der Waals surface area contributed by atoms with Crippen molar-refractivity contribution >= 4 is 21.6 Å². The maximum absolute atomic E-state index is 12.9. The number of ether oxygens (including phenoxy) is 2. The van der Waals surface area contributed by atoms with Crippen molar-refractivity contribution in [3.8, 4) is 11.5 Å². The van der Waals surface area contributed by atoms with Gasteiger partial charge in [-0.1, -0.05) is 32.9 Å². The molecule has 0 aliphatic rings. The number of carbonyl (C=O) groups is 1. The van der Waals surface area contributed by atoms with Crippen LogP contribution >= 0.6 is 0 Å². The van der Waals surface area contributed by atoms with Gasteiger partial charge in [0, 0.05) is 25.3 Å². The van der Waals surface area contributed by atoms with Gasteiger partial charge in [-0.25, -0.2) is 8.42 Å². The number of methoxy groups -OCH3 is 1. The first kappa shape index (κ1) is 27.6. The highest BCUT2D eigenvalue weighted by atomic mass is 32.2. The summed E-state index contributed by atoms with van der Waals surface area (Å²) >= 11 is 0. The summed E-state index contributed by atoms with van der Waals surface area (Å²) in [5, 5.41) is 2.89. The van der Waals surface area contributed by atoms with E-state index in [0.29, 0.717) is 50.0 Å². The largest absolute Gasteiger partial charge is 0.493 e. The van der Waals surface area contributed by atoms with Crippen molar-refractivity contribution in [3.63, 3.8) is 0 Å². The van der Waals surface area contributed by atoms with Crippen LogP contribution in [0.25, 0.3) is 0 Å². The molecular weight excluding hydrogens is 454 g/mol. The van der Waals surface area contributed by atoms with Crippen LogP contribution < -0.4 is 14.8 Å². The van der Waals surface area contributed by atoms with E-state index < -0.39 is 10.0 Å². The Labute approximate surface area is 203 Å². The van der Waals surface area contributed by atoms with Gasteiger partial charge in [-0.05, 0) is 55.8 Å². The predicted molar refractivity (Wildman–Crippen MR) is 135 cm³/mol. The molecule has 1 N–H and O–H groups in total. The lowest BCUT2D eigenvalue weighted by Crippen LogP contribution is -2.33. The smallest absolute Gasteiger partial charge is 0.243 e. The molecule has 1 amide bonds. The van der Waals surface area contributed by atoms with Crippen molar-refractivity contribution < 1.29 is 22.7 Å². The van der Waals surface area contributed by atoms with Gasteiger partial charge in [-0.2, -0.15) is 4.31 Å². The van der Waals surface area contributed by atoms with Crippen molar-refractivity contribution in [1.82, 2.24) is 9.21 Å². The molecule has 34 heavy (non-hydrogen) atoms. The number of nitrogens with one attached hydrogen (secondary N) is 1. The number of carbonyl (C=O) groups excluding carboxylic acids is 1. The van der Waals surface area contributed by atoms with Crippen LogP contribution in [0, 0.1) is 6.92 Å². The van der Waals surface area contributed by atoms with Crippen LogP contribution in [0.1, 0.15) is 38.8 Å². The molecule has 0 fully saturated rings. The van der Waals surface area contributed by atoms with Gasteiger partial charge in [0.2, 0.25) is 15.9 Å². The number of anilines is 1. The van der Waals surface area contributed by atoms with Gasteiger partial charge in [0.25, 0.3) is 0 Å². The number of likely N-dealkylation sites (N-methyl/N-ethyl adjacent to an activating group) is 1. The first-order chi connectivity index (χ1) is 16.2. The molecule has 0 radical (unpaired) electrons. The van der Waals surface area contributed by atoms with E-state index >= 15 is 0 Å². The van der Waals surface area contributed by atoms with Crippen molar-refractivity contribution in [2.75, 3.05) is 45.2 Å². The first-order valence-electron chi connectivity index (χ1n) is 11.6. The quantitative estimate of drug-likeness (QED) is 0.457. The fraction of sp³-hybridized carbons (Fsp3) is 0.480. The van der Waals surface area contributed by atoms with Gasteiger partial charge in [0.1, 0.15) is 0 Å². The molecule has 8 nitrogen and oxygen atoms in total. The molecule has 2 rings (SSSR count). The highest BCUT2D eigenvalue weighted by Gasteiger charge is 2.22. The molecule has 0 saturated carbocycles. The molecule has 9 heteroatoms. The number of aryl methyl sites for hydroxylation is 1. The minimum absolute atomic E-state index is 0.165. The Morgan fingerprint density at radius 1 is 0.971 bits per heavy atom. The average molecular weight is 492 g/mol. The Morgan fingerprint density at radius 2 is 1.68 bits per heavy atom. The second-order valence-corrected chi connectivity index (χ2v) is 9.77. The van der Waals surface area contributed by atoms with Gasteiger partial charge >= 0.3 is 0 Å². The molecule has 0 heterocycles. The van der Waals surface area contributed by atoms with Gasteiger partial charge in [0.15, 0.2) is 11.5 Å². The SMILES string of the molecule is CCOc1ccc(CN(CC)CC(=O)Nc2cc(S(=O)(=O)N(CC)CC)ccc2C)cc1OC. The van der Waals surface area contributed by atoms with Gasteiger partial charge < -0.3 is 14.8 Å². The fourth-order valence-corrected chi connectivity index (χ4v) is 5.11. The summed E-state index contributed by atoms with van der Waals surface area (Å²) in [6.07, 6.45) is 0. The Kier molecular flexibility index (Phi) is 10.3. The normalized spacial score (nSPS) is 11.6. The van der Waals surface area contributed by atoms with E-state index in [1.807, 2.05) is 43.9 Å². The topological polar surface area (TPSA) is 88.2 Å². The molecule has 188 valence electrons. The Balaban J connectivity index is 2.13. The van der Waals surface area contributed by atoms with Gasteiger partial charge in [-0.3, -0.25) is 9.69 Å². The fourth-order valence-electron chi connectivity index (χ4n) is 3.62. The van der Waals surface area contributed by atoms with E-state index in [9.17, 15) is 13.2 Å². The summed E-state index contributed by atoms with van der Waals surface area (Å²) in [5.41, 5.74) is 2.29. The molecule has 2 aromatic rings. The van der Waals surface area contributed by atoms with Crippen LogP contribution in [-0.4, -0.2) is 63.4 Å². The lowest BCUT2D eigenvalue weighted by atomic mass is 10.2. The van der Waals surface area contributed by atoms with E-state index in [0.717, 1.165) is 11.1 Å². The highest BCUT2D eigenvalue weighted by molar-refractivity contribution is 7.89. The van der Waals surface area contributed by atoms with Crippen LogP contribution in [0.3, 0.4) is 0 Å². The lowest BCUT2D eigenvalue weighted by Gasteiger charge is -2.22. The van der Waals surface area contributed by atoms with Crippen LogP contribution in [0.15, 0.2) is 41.3 Å². The van der Waals surface area contributed by atoms with E-state index in [-0.39, 0.29) is 17.3 Å². The van der Waals surface area contributed by atoms with E-state index in [1.165, 1.54) is 10.4 Å². The number of benzene rings is 2. The zero-order chi connectivity index (χ0) is 25.3. The number of sulfonamides is 1. The van der Waals surface area contributed by atoms with Gasteiger partial charge in [0.05, 0.1) is 25.2 Å². The summed E-state index contributed by atoms with van der Waals surface area (Å²) in [4.78, 5) is 15.0. The second-order valence-electron chi connectivity index (χ2n) is 7.84. The summed E-state index contributed by atoms with van der Waals surface area (Å²) in [5.74, 6) is 1.13. The van der Waals surface area contributed by atoms with Crippen LogP contribution in [0.5, 0.6) is 11.5 Å². The molecule has 0 spiro atoms. The summed E-state index contributed by atoms with van der Waals surface area (Å²) in [6, 6.07) is 10.6. The number of nitrogens with zero attached hydrogens (tertiary/aromatic N) is 2. The zero-order valence-corrected chi connectivity index (χ0v) is 21.9. The third kappa shape index (κ3) is 6.94. The highest BCUT2D eigenvalue weighted by Crippen LogP contribution is 2.28. The lowest BCUT2D eigenvalue weighted by molar-refractivity contribution is -0.117. The minimum Gasteiger partial charge on any atom is -0.493 e. The first-order valence-corrected chi connectivity index (χ1v) is 13.1. The number of hydrogen-bond acceptors (Lipinski definition) is 6. The summed E-state index contributed by atoms with van der Waals surface area (Å²) < 4.78 is 38.1. The van der Waals surface area contributed by atoms with Gasteiger partial charge in [-0.15, -0.1) is 0 Å². The predicted octanol–water partition coefficient (Wildman–Crippen LogP) is 3.89. The van der Waals surface area contributed by atoms with Crippen LogP contribution in [-0.2, 0) is 21.4 Å². The maximum Gasteiger partial charge on any atom is 0.243 e. The third-order valence-electron chi connectivity index (χ3n) is 5.57. The van der Waals surface area contributed by atoms with E-state index in [2.05, 4.69) is 5.32 Å². The molecule has 2 aromatic carbocycles. The standard InChI is InChI=1S/C25H37N3O5S/c1-7-27(17-20-12-14-23(33-10-4)24(15-20)32-6)18-25(29)26-22-16-21(13-11-19(22)5)34(30,31)28(8-2)9-3/h11-16H,7-10,17-18H2,1-6H3,(H,26,29). The van der Waals surface area contributed by atoms with Crippen molar-refractivity contribution in [2.45, 2.75) is 46.1 Å². The Hall–Kier alpha value is -2.62. The Morgan fingerprint density at radius 3 is 2.26 bits per heavy atom. The summed E-state index contributed by atoms with van der Waals surface area (Å²) in [7, 11) is -2.01. The maximum atomic E-state index is 12.9. The zero-order valence-electron chi connectivity index (χ0n) is 21.1. The molecular formula is C25H37N3O5S. The number of hydrogen-bond donors (Lipinski definition) is 1. The molecule has 0 atom stereocenters. The number of rotatable bonds is 13. The van der Waals surface area contributed by atoms with Crippen LogP contribution in [0.2, 0.25) is 0 Å². The van der Waals surface area contributed by atoms with Crippen LogP contribution in [0.4, 0.5) is 5.69 Å². The molecule has 0 aliphatic carbocycles.